The number of rotatable bonds is 8. The number of piperazine rings is 1. The van der Waals surface area contributed by atoms with Gasteiger partial charge >= 0.3 is 0 Å². The Morgan fingerprint density at radius 2 is 1.68 bits per heavy atom. The van der Waals surface area contributed by atoms with Gasteiger partial charge < -0.3 is 19.7 Å². The van der Waals surface area contributed by atoms with E-state index in [1.165, 1.54) is 0 Å². The van der Waals surface area contributed by atoms with Gasteiger partial charge in [-0.2, -0.15) is 0 Å². The highest BCUT2D eigenvalue weighted by molar-refractivity contribution is 5.94. The third-order valence-electron chi connectivity index (χ3n) is 5.66. The number of carbonyl (C=O) groups is 2. The third kappa shape index (κ3) is 5.76. The first-order valence-electron chi connectivity index (χ1n) is 10.5. The SMILES string of the molecule is COc1ccc(OC)c([C@H](C)NC(=O)CN2CCN(c3ccc(C(C)=O)cc3)CC2)c1. The Morgan fingerprint density at radius 1 is 1.00 bits per heavy atom. The maximum atomic E-state index is 12.6. The van der Waals surface area contributed by atoms with Crippen molar-refractivity contribution in [2.24, 2.45) is 0 Å². The lowest BCUT2D eigenvalue weighted by Gasteiger charge is -2.36. The monoisotopic (exact) mass is 425 g/mol. The number of ether oxygens (including phenoxy) is 2. The molecule has 166 valence electrons. The summed E-state index contributed by atoms with van der Waals surface area (Å²) >= 11 is 0. The van der Waals surface area contributed by atoms with Crippen LogP contribution in [0.2, 0.25) is 0 Å². The minimum absolute atomic E-state index is 0.0170. The number of amides is 1. The van der Waals surface area contributed by atoms with Gasteiger partial charge in [0.25, 0.3) is 0 Å². The van der Waals surface area contributed by atoms with Gasteiger partial charge in [0.2, 0.25) is 5.91 Å². The van der Waals surface area contributed by atoms with Crippen LogP contribution in [0.4, 0.5) is 5.69 Å². The van der Waals surface area contributed by atoms with E-state index < -0.39 is 0 Å². The normalized spacial score (nSPS) is 15.3. The lowest BCUT2D eigenvalue weighted by Crippen LogP contribution is -2.49. The smallest absolute Gasteiger partial charge is 0.234 e. The largest absolute Gasteiger partial charge is 0.497 e. The standard InChI is InChI=1S/C24H31N3O4/c1-17(22-15-21(30-3)9-10-23(22)31-4)25-24(29)16-26-11-13-27(14-12-26)20-7-5-19(6-8-20)18(2)28/h5-10,15,17H,11-14,16H2,1-4H3,(H,25,29)/t17-/m0/s1. The van der Waals surface area contributed by atoms with E-state index in [-0.39, 0.29) is 17.7 Å². The van der Waals surface area contributed by atoms with Gasteiger partial charge in [0.1, 0.15) is 11.5 Å². The fourth-order valence-corrected chi connectivity index (χ4v) is 3.82. The summed E-state index contributed by atoms with van der Waals surface area (Å²) in [5.74, 6) is 1.50. The van der Waals surface area contributed by atoms with Crippen LogP contribution in [-0.4, -0.2) is 63.5 Å². The fraction of sp³-hybridized carbons (Fsp3) is 0.417. The second-order valence-corrected chi connectivity index (χ2v) is 7.76. The van der Waals surface area contributed by atoms with Crippen LogP contribution in [0.5, 0.6) is 11.5 Å². The molecule has 0 radical (unpaired) electrons. The summed E-state index contributed by atoms with van der Waals surface area (Å²) in [7, 11) is 3.24. The summed E-state index contributed by atoms with van der Waals surface area (Å²) in [5, 5.41) is 3.07. The van der Waals surface area contributed by atoms with E-state index in [0.29, 0.717) is 6.54 Å². The quantitative estimate of drug-likeness (QED) is 0.656. The van der Waals surface area contributed by atoms with Gasteiger partial charge in [-0.1, -0.05) is 0 Å². The van der Waals surface area contributed by atoms with Gasteiger partial charge in [0.05, 0.1) is 26.8 Å². The topological polar surface area (TPSA) is 71.1 Å². The second-order valence-electron chi connectivity index (χ2n) is 7.76. The average molecular weight is 426 g/mol. The molecule has 1 aliphatic heterocycles. The molecule has 0 saturated carbocycles. The third-order valence-corrected chi connectivity index (χ3v) is 5.66. The summed E-state index contributed by atoms with van der Waals surface area (Å²) < 4.78 is 10.7. The Morgan fingerprint density at radius 3 is 2.26 bits per heavy atom. The first kappa shape index (κ1) is 22.6. The predicted molar refractivity (Wildman–Crippen MR) is 121 cm³/mol. The molecular formula is C24H31N3O4. The van der Waals surface area contributed by atoms with Crippen molar-refractivity contribution in [3.8, 4) is 11.5 Å². The van der Waals surface area contributed by atoms with E-state index in [4.69, 9.17) is 9.47 Å². The Labute approximate surface area is 183 Å². The molecule has 7 nitrogen and oxygen atoms in total. The predicted octanol–water partition coefficient (Wildman–Crippen LogP) is 2.91. The molecule has 0 aromatic heterocycles. The Hall–Kier alpha value is -3.06. The van der Waals surface area contributed by atoms with Crippen molar-refractivity contribution < 1.29 is 19.1 Å². The van der Waals surface area contributed by atoms with Crippen LogP contribution in [0.15, 0.2) is 42.5 Å². The molecule has 0 bridgehead atoms. The van der Waals surface area contributed by atoms with Crippen LogP contribution in [0.1, 0.15) is 35.8 Å². The molecule has 1 atom stereocenters. The van der Waals surface area contributed by atoms with Crippen LogP contribution in [-0.2, 0) is 4.79 Å². The molecular weight excluding hydrogens is 394 g/mol. The van der Waals surface area contributed by atoms with Crippen LogP contribution in [0.25, 0.3) is 0 Å². The zero-order chi connectivity index (χ0) is 22.4. The summed E-state index contributed by atoms with van der Waals surface area (Å²) in [6, 6.07) is 13.1. The lowest BCUT2D eigenvalue weighted by molar-refractivity contribution is -0.123. The van der Waals surface area contributed by atoms with Gasteiger partial charge in [-0.15, -0.1) is 0 Å². The van der Waals surface area contributed by atoms with Crippen LogP contribution in [0.3, 0.4) is 0 Å². The zero-order valence-electron chi connectivity index (χ0n) is 18.7. The number of ketones is 1. The van der Waals surface area contributed by atoms with Crippen LogP contribution >= 0.6 is 0 Å². The van der Waals surface area contributed by atoms with E-state index in [9.17, 15) is 9.59 Å². The molecule has 3 rings (SSSR count). The van der Waals surface area contributed by atoms with E-state index in [0.717, 1.165) is 54.5 Å². The molecule has 0 aliphatic carbocycles. The van der Waals surface area contributed by atoms with E-state index in [1.807, 2.05) is 49.4 Å². The van der Waals surface area contributed by atoms with Crippen molar-refractivity contribution in [2.75, 3.05) is 51.8 Å². The second kappa shape index (κ2) is 10.3. The molecule has 1 amide bonds. The van der Waals surface area contributed by atoms with Crippen LogP contribution < -0.4 is 19.7 Å². The average Bonchev–Trinajstić information content (AvgIpc) is 2.79. The number of methoxy groups -OCH3 is 2. The number of benzene rings is 2. The maximum absolute atomic E-state index is 12.6. The highest BCUT2D eigenvalue weighted by Gasteiger charge is 2.21. The molecule has 2 aromatic carbocycles. The number of hydrogen-bond acceptors (Lipinski definition) is 6. The summed E-state index contributed by atoms with van der Waals surface area (Å²) in [5.41, 5.74) is 2.71. The van der Waals surface area contributed by atoms with Crippen molar-refractivity contribution in [2.45, 2.75) is 19.9 Å². The van der Waals surface area contributed by atoms with Crippen molar-refractivity contribution >= 4 is 17.4 Å². The number of carbonyl (C=O) groups excluding carboxylic acids is 2. The molecule has 7 heteroatoms. The molecule has 1 fully saturated rings. The van der Waals surface area contributed by atoms with E-state index in [1.54, 1.807) is 21.1 Å². The number of Topliss-reactive ketones (excluding diaryl/α,β-unsaturated/α-hetero) is 1. The Kier molecular flexibility index (Phi) is 7.52. The summed E-state index contributed by atoms with van der Waals surface area (Å²) in [6.07, 6.45) is 0. The molecule has 1 aliphatic rings. The number of hydrogen-bond donors (Lipinski definition) is 1. The zero-order valence-corrected chi connectivity index (χ0v) is 18.7. The van der Waals surface area contributed by atoms with Crippen LogP contribution in [0, 0.1) is 0 Å². The number of anilines is 1. The van der Waals surface area contributed by atoms with Gasteiger partial charge in [0, 0.05) is 43.0 Å². The summed E-state index contributed by atoms with van der Waals surface area (Å²) in [6.45, 7) is 7.16. The fourth-order valence-electron chi connectivity index (χ4n) is 3.82. The van der Waals surface area contributed by atoms with E-state index in [2.05, 4.69) is 15.1 Å². The first-order chi connectivity index (χ1) is 14.9. The highest BCUT2D eigenvalue weighted by atomic mass is 16.5. The molecule has 0 spiro atoms. The lowest BCUT2D eigenvalue weighted by atomic mass is 10.1. The van der Waals surface area contributed by atoms with E-state index >= 15 is 0 Å². The molecule has 0 unspecified atom stereocenters. The Bertz CT molecular complexity index is 906. The molecule has 1 saturated heterocycles. The summed E-state index contributed by atoms with van der Waals surface area (Å²) in [4.78, 5) is 28.5. The molecule has 2 aromatic rings. The van der Waals surface area contributed by atoms with Crippen molar-refractivity contribution in [1.82, 2.24) is 10.2 Å². The van der Waals surface area contributed by atoms with Crippen molar-refractivity contribution in [3.63, 3.8) is 0 Å². The van der Waals surface area contributed by atoms with Gasteiger partial charge in [-0.25, -0.2) is 0 Å². The van der Waals surface area contributed by atoms with Crippen molar-refractivity contribution in [3.05, 3.63) is 53.6 Å². The number of nitrogens with zero attached hydrogens (tertiary/aromatic N) is 2. The highest BCUT2D eigenvalue weighted by Crippen LogP contribution is 2.29. The number of nitrogens with one attached hydrogen (secondary N) is 1. The molecule has 31 heavy (non-hydrogen) atoms. The molecule has 1 heterocycles. The maximum Gasteiger partial charge on any atom is 0.234 e. The molecule has 1 N–H and O–H groups in total. The van der Waals surface area contributed by atoms with Gasteiger partial charge in [0.15, 0.2) is 5.78 Å². The van der Waals surface area contributed by atoms with Crippen molar-refractivity contribution in [1.29, 1.82) is 0 Å². The first-order valence-corrected chi connectivity index (χ1v) is 10.5. The minimum Gasteiger partial charge on any atom is -0.497 e. The minimum atomic E-state index is -0.196. The van der Waals surface area contributed by atoms with Gasteiger partial charge in [-0.3, -0.25) is 14.5 Å². The van der Waals surface area contributed by atoms with Gasteiger partial charge in [-0.05, 0) is 56.3 Å². The Balaban J connectivity index is 1.51.